The average molecular weight is 532 g/mol. The average Bonchev–Trinajstić information content (AvgIpc) is 3.24. The molecule has 0 spiro atoms. The van der Waals surface area contributed by atoms with E-state index in [9.17, 15) is 13.2 Å². The summed E-state index contributed by atoms with van der Waals surface area (Å²) in [5, 5.41) is 9.11. The highest BCUT2D eigenvalue weighted by atomic mass is 35.5. The zero-order chi connectivity index (χ0) is 26.6. The number of benzene rings is 2. The number of hydrogen-bond donors (Lipinski definition) is 1. The number of aliphatic carboxylic acids is 1. The Morgan fingerprint density at radius 1 is 1.11 bits per heavy atom. The monoisotopic (exact) mass is 531 g/mol. The van der Waals surface area contributed by atoms with E-state index in [0.717, 1.165) is 28.3 Å². The van der Waals surface area contributed by atoms with Crippen LogP contribution in [0.5, 0.6) is 5.75 Å². The third-order valence-electron chi connectivity index (χ3n) is 5.47. The lowest BCUT2D eigenvalue weighted by molar-refractivity contribution is -0.131. The molecule has 0 unspecified atom stereocenters. The van der Waals surface area contributed by atoms with Crippen LogP contribution in [0, 0.1) is 26.7 Å². The minimum Gasteiger partial charge on any atom is -0.487 e. The summed E-state index contributed by atoms with van der Waals surface area (Å²) in [4.78, 5) is 10.8. The largest absolute Gasteiger partial charge is 0.487 e. The lowest BCUT2D eigenvalue weighted by Gasteiger charge is -2.27. The van der Waals surface area contributed by atoms with Gasteiger partial charge in [-0.3, -0.25) is 4.31 Å². The van der Waals surface area contributed by atoms with Gasteiger partial charge in [0.2, 0.25) is 5.09 Å². The zero-order valence-electron chi connectivity index (χ0n) is 20.9. The number of halogens is 1. The van der Waals surface area contributed by atoms with Crippen LogP contribution in [-0.4, -0.2) is 26.0 Å². The molecule has 0 radical (unpaired) electrons. The number of sulfonamides is 1. The number of carboxylic acid groups (broad SMARTS) is 1. The summed E-state index contributed by atoms with van der Waals surface area (Å²) in [6.07, 6.45) is 2.60. The first-order chi connectivity index (χ1) is 16.9. The van der Waals surface area contributed by atoms with E-state index in [4.69, 9.17) is 25.9 Å². The number of rotatable bonds is 10. The minimum atomic E-state index is -4.02. The summed E-state index contributed by atoms with van der Waals surface area (Å²) in [7, 11) is -4.02. The number of aryl methyl sites for hydroxylation is 3. The van der Waals surface area contributed by atoms with Crippen molar-refractivity contribution in [2.24, 2.45) is 5.92 Å². The molecular formula is C27H30ClNO6S. The summed E-state index contributed by atoms with van der Waals surface area (Å²) < 4.78 is 40.1. The molecule has 3 rings (SSSR count). The second-order valence-electron chi connectivity index (χ2n) is 9.01. The van der Waals surface area contributed by atoms with Crippen molar-refractivity contribution in [1.29, 1.82) is 0 Å². The topological polar surface area (TPSA) is 97.0 Å². The Bertz CT molecular complexity index is 1390. The Morgan fingerprint density at radius 2 is 1.83 bits per heavy atom. The van der Waals surface area contributed by atoms with Crippen LogP contribution >= 0.6 is 11.6 Å². The Hall–Kier alpha value is -3.23. The first-order valence-corrected chi connectivity index (χ1v) is 13.2. The quantitative estimate of drug-likeness (QED) is 0.304. The predicted octanol–water partition coefficient (Wildman–Crippen LogP) is 6.39. The molecule has 0 aliphatic rings. The predicted molar refractivity (Wildman–Crippen MR) is 141 cm³/mol. The summed E-state index contributed by atoms with van der Waals surface area (Å²) >= 11 is 6.43. The maximum atomic E-state index is 13.6. The van der Waals surface area contributed by atoms with Gasteiger partial charge in [0.15, 0.2) is 0 Å². The molecule has 36 heavy (non-hydrogen) atoms. The summed E-state index contributed by atoms with van der Waals surface area (Å²) in [5.41, 5.74) is 3.61. The van der Waals surface area contributed by atoms with Crippen LogP contribution in [0.1, 0.15) is 41.9 Å². The van der Waals surface area contributed by atoms with Gasteiger partial charge in [-0.15, -0.1) is 0 Å². The van der Waals surface area contributed by atoms with E-state index < -0.39 is 16.0 Å². The maximum Gasteiger partial charge on any atom is 0.328 e. The molecule has 0 aliphatic carbocycles. The van der Waals surface area contributed by atoms with Crippen molar-refractivity contribution in [2.75, 3.05) is 10.8 Å². The lowest BCUT2D eigenvalue weighted by atomic mass is 10.1. The van der Waals surface area contributed by atoms with E-state index in [1.54, 1.807) is 31.2 Å². The Balaban J connectivity index is 1.99. The highest BCUT2D eigenvalue weighted by Gasteiger charge is 2.31. The highest BCUT2D eigenvalue weighted by molar-refractivity contribution is 7.92. The van der Waals surface area contributed by atoms with Gasteiger partial charge >= 0.3 is 5.97 Å². The molecule has 1 heterocycles. The third kappa shape index (κ3) is 6.50. The molecule has 3 aromatic rings. The number of carbonyl (C=O) groups is 1. The molecule has 192 valence electrons. The van der Waals surface area contributed by atoms with Gasteiger partial charge in [0.05, 0.1) is 5.69 Å². The molecule has 0 aliphatic heterocycles. The first kappa shape index (κ1) is 27.4. The second-order valence-corrected chi connectivity index (χ2v) is 11.2. The number of nitrogens with zero attached hydrogens (tertiary/aromatic N) is 1. The van der Waals surface area contributed by atoms with E-state index >= 15 is 0 Å². The van der Waals surface area contributed by atoms with Crippen molar-refractivity contribution in [2.45, 2.75) is 46.3 Å². The molecule has 9 heteroatoms. The lowest BCUT2D eigenvalue weighted by Crippen LogP contribution is -2.34. The standard InChI is InChI=1S/C27H30ClNO6S/c1-17(2)15-29(36(32,33)27-11-6-20(5)35-27)24-14-23(28)19(4)13-25(24)34-16-22-9-7-21(12-18(22)3)8-10-26(30)31/h6-14,17H,15-16H2,1-5H3,(H,30,31)/b10-8+. The molecule has 1 aromatic heterocycles. The second kappa shape index (κ2) is 11.2. The highest BCUT2D eigenvalue weighted by Crippen LogP contribution is 2.38. The van der Waals surface area contributed by atoms with Gasteiger partial charge in [-0.05, 0) is 79.3 Å². The number of anilines is 1. The Labute approximate surface area is 217 Å². The van der Waals surface area contributed by atoms with Gasteiger partial charge < -0.3 is 14.3 Å². The van der Waals surface area contributed by atoms with Gasteiger partial charge in [0.1, 0.15) is 18.1 Å². The van der Waals surface area contributed by atoms with Crippen LogP contribution in [0.4, 0.5) is 5.69 Å². The van der Waals surface area contributed by atoms with Gasteiger partial charge in [0.25, 0.3) is 10.0 Å². The SMILES string of the molecule is Cc1ccc(S(=O)(=O)N(CC(C)C)c2cc(Cl)c(C)cc2OCc2ccc(/C=C/C(=O)O)cc2C)o1. The van der Waals surface area contributed by atoms with Crippen molar-refractivity contribution in [1.82, 2.24) is 0 Å². The van der Waals surface area contributed by atoms with Crippen LogP contribution in [0.15, 0.2) is 58.1 Å². The first-order valence-electron chi connectivity index (χ1n) is 11.4. The van der Waals surface area contributed by atoms with E-state index in [-0.39, 0.29) is 24.2 Å². The van der Waals surface area contributed by atoms with Crippen LogP contribution in [0.2, 0.25) is 5.02 Å². The molecule has 0 fully saturated rings. The van der Waals surface area contributed by atoms with Gasteiger partial charge in [-0.2, -0.15) is 8.42 Å². The molecular weight excluding hydrogens is 502 g/mol. The van der Waals surface area contributed by atoms with E-state index in [2.05, 4.69) is 0 Å². The fraction of sp³-hybridized carbons (Fsp3) is 0.296. The number of furan rings is 1. The molecule has 0 bridgehead atoms. The fourth-order valence-corrected chi connectivity index (χ4v) is 5.33. The van der Waals surface area contributed by atoms with Crippen molar-refractivity contribution in [3.05, 3.63) is 81.6 Å². The van der Waals surface area contributed by atoms with Gasteiger partial charge in [0, 0.05) is 17.6 Å². The fourth-order valence-electron chi connectivity index (χ4n) is 3.58. The van der Waals surface area contributed by atoms with Crippen molar-refractivity contribution in [3.8, 4) is 5.75 Å². The molecule has 7 nitrogen and oxygen atoms in total. The molecule has 1 N–H and O–H groups in total. The minimum absolute atomic E-state index is 0.0115. The van der Waals surface area contributed by atoms with Gasteiger partial charge in [-0.1, -0.05) is 43.6 Å². The molecule has 2 aromatic carbocycles. The smallest absolute Gasteiger partial charge is 0.328 e. The van der Waals surface area contributed by atoms with Crippen LogP contribution in [0.3, 0.4) is 0 Å². The normalized spacial score (nSPS) is 11.9. The summed E-state index contributed by atoms with van der Waals surface area (Å²) in [6, 6.07) is 11.9. The molecule has 0 saturated carbocycles. The maximum absolute atomic E-state index is 13.6. The number of ether oxygens (including phenoxy) is 1. The molecule has 0 atom stereocenters. The third-order valence-corrected chi connectivity index (χ3v) is 7.53. The van der Waals surface area contributed by atoms with Crippen LogP contribution in [-0.2, 0) is 21.4 Å². The Morgan fingerprint density at radius 3 is 2.42 bits per heavy atom. The van der Waals surface area contributed by atoms with Crippen LogP contribution in [0.25, 0.3) is 6.08 Å². The van der Waals surface area contributed by atoms with Crippen molar-refractivity contribution >= 4 is 39.4 Å². The van der Waals surface area contributed by atoms with E-state index in [1.165, 1.54) is 16.4 Å². The number of hydrogen-bond acceptors (Lipinski definition) is 5. The number of carboxylic acids is 1. The molecule has 0 saturated heterocycles. The summed E-state index contributed by atoms with van der Waals surface area (Å²) in [5.74, 6) is -0.138. The Kier molecular flexibility index (Phi) is 8.53. The summed E-state index contributed by atoms with van der Waals surface area (Å²) in [6.45, 7) is 9.64. The van der Waals surface area contributed by atoms with Crippen molar-refractivity contribution < 1.29 is 27.5 Å². The van der Waals surface area contributed by atoms with E-state index in [0.29, 0.717) is 22.2 Å². The zero-order valence-corrected chi connectivity index (χ0v) is 22.5. The van der Waals surface area contributed by atoms with E-state index in [1.807, 2.05) is 39.8 Å². The van der Waals surface area contributed by atoms with Crippen LogP contribution < -0.4 is 9.04 Å². The molecule has 0 amide bonds. The van der Waals surface area contributed by atoms with Gasteiger partial charge in [-0.25, -0.2) is 4.79 Å². The van der Waals surface area contributed by atoms with Crippen molar-refractivity contribution in [3.63, 3.8) is 0 Å².